The van der Waals surface area contributed by atoms with Gasteiger partial charge in [0.05, 0.1) is 17.5 Å². The third-order valence-electron chi connectivity index (χ3n) is 6.50. The smallest absolute Gasteiger partial charge is 0.317 e. The Morgan fingerprint density at radius 1 is 1.13 bits per heavy atom. The number of rotatable bonds is 3. The van der Waals surface area contributed by atoms with E-state index in [0.29, 0.717) is 31.0 Å². The Labute approximate surface area is 180 Å². The predicted octanol–water partition coefficient (Wildman–Crippen LogP) is 4.55. The second kappa shape index (κ2) is 7.91. The molecule has 2 aromatic carbocycles. The maximum Gasteiger partial charge on any atom is 0.317 e. The van der Waals surface area contributed by atoms with Gasteiger partial charge in [-0.1, -0.05) is 35.9 Å². The Balaban J connectivity index is 1.41. The molecule has 1 N–H and O–H groups in total. The fourth-order valence-electron chi connectivity index (χ4n) is 4.79. The van der Waals surface area contributed by atoms with Crippen LogP contribution in [0.5, 0.6) is 0 Å². The molecule has 2 saturated heterocycles. The maximum atomic E-state index is 13.1. The molecule has 4 rings (SSSR count). The van der Waals surface area contributed by atoms with Gasteiger partial charge in [0, 0.05) is 25.2 Å². The van der Waals surface area contributed by atoms with Crippen molar-refractivity contribution in [3.05, 3.63) is 70.5 Å². The standard InChI is InChI=1S/C23H25ClFN3O2/c1-15(16-5-9-19(25)10-6-16)26-22(30)28-13-11-23(12-14-28)20(27(2)21(23)29)17-3-7-18(24)8-4-17/h3-10,15,20H,11-14H2,1-2H3,(H,26,30)/t15-,20?/m0/s1. The molecule has 0 aromatic heterocycles. The van der Waals surface area contributed by atoms with Gasteiger partial charge in [-0.25, -0.2) is 9.18 Å². The van der Waals surface area contributed by atoms with E-state index in [0.717, 1.165) is 11.1 Å². The van der Waals surface area contributed by atoms with Crippen LogP contribution in [0.4, 0.5) is 9.18 Å². The quantitative estimate of drug-likeness (QED) is 0.728. The van der Waals surface area contributed by atoms with Crippen molar-refractivity contribution in [1.29, 1.82) is 0 Å². The van der Waals surface area contributed by atoms with E-state index in [1.54, 1.807) is 21.9 Å². The molecule has 30 heavy (non-hydrogen) atoms. The molecule has 7 heteroatoms. The van der Waals surface area contributed by atoms with Gasteiger partial charge in [-0.15, -0.1) is 0 Å². The van der Waals surface area contributed by atoms with E-state index in [9.17, 15) is 14.0 Å². The van der Waals surface area contributed by atoms with Crippen LogP contribution in [-0.2, 0) is 4.79 Å². The summed E-state index contributed by atoms with van der Waals surface area (Å²) in [5, 5.41) is 3.64. The number of nitrogens with one attached hydrogen (secondary N) is 1. The first-order valence-corrected chi connectivity index (χ1v) is 10.5. The number of amides is 3. The molecule has 2 aromatic rings. The summed E-state index contributed by atoms with van der Waals surface area (Å²) >= 11 is 6.02. The van der Waals surface area contributed by atoms with Crippen molar-refractivity contribution in [2.24, 2.45) is 5.41 Å². The largest absolute Gasteiger partial charge is 0.337 e. The first-order chi connectivity index (χ1) is 14.3. The zero-order valence-corrected chi connectivity index (χ0v) is 17.8. The van der Waals surface area contributed by atoms with Gasteiger partial charge in [-0.05, 0) is 55.2 Å². The molecule has 1 spiro atoms. The summed E-state index contributed by atoms with van der Waals surface area (Å²) in [6, 6.07) is 13.4. The Hall–Kier alpha value is -2.60. The van der Waals surface area contributed by atoms with Gasteiger partial charge >= 0.3 is 6.03 Å². The highest BCUT2D eigenvalue weighted by Gasteiger charge is 2.60. The molecule has 2 heterocycles. The number of urea groups is 1. The molecule has 1 unspecified atom stereocenters. The van der Waals surface area contributed by atoms with E-state index >= 15 is 0 Å². The molecule has 2 aliphatic rings. The summed E-state index contributed by atoms with van der Waals surface area (Å²) in [4.78, 5) is 29.1. The number of carbonyl (C=O) groups excluding carboxylic acids is 2. The van der Waals surface area contributed by atoms with Crippen LogP contribution in [-0.4, -0.2) is 41.9 Å². The zero-order valence-electron chi connectivity index (χ0n) is 17.1. The third kappa shape index (κ3) is 3.54. The lowest BCUT2D eigenvalue weighted by molar-refractivity contribution is -0.175. The molecule has 5 nitrogen and oxygen atoms in total. The summed E-state index contributed by atoms with van der Waals surface area (Å²) < 4.78 is 13.1. The topological polar surface area (TPSA) is 52.7 Å². The highest BCUT2D eigenvalue weighted by Crippen LogP contribution is 2.55. The van der Waals surface area contributed by atoms with Crippen LogP contribution < -0.4 is 5.32 Å². The minimum atomic E-state index is -0.456. The normalized spacial score (nSPS) is 21.3. The van der Waals surface area contributed by atoms with Crippen molar-refractivity contribution >= 4 is 23.5 Å². The first kappa shape index (κ1) is 20.7. The van der Waals surface area contributed by atoms with Crippen LogP contribution >= 0.6 is 11.6 Å². The molecule has 0 bridgehead atoms. The fourth-order valence-corrected chi connectivity index (χ4v) is 4.91. The number of halogens is 2. The van der Waals surface area contributed by atoms with Crippen molar-refractivity contribution in [2.45, 2.75) is 31.8 Å². The summed E-state index contributed by atoms with van der Waals surface area (Å²) in [5.74, 6) is -0.161. The molecule has 2 fully saturated rings. The second-order valence-electron chi connectivity index (χ2n) is 8.24. The minimum Gasteiger partial charge on any atom is -0.337 e. The molecule has 0 saturated carbocycles. The van der Waals surface area contributed by atoms with Gasteiger partial charge in [0.15, 0.2) is 0 Å². The molecule has 2 atom stereocenters. The van der Waals surface area contributed by atoms with Crippen molar-refractivity contribution < 1.29 is 14.0 Å². The monoisotopic (exact) mass is 429 g/mol. The summed E-state index contributed by atoms with van der Waals surface area (Å²) in [7, 11) is 1.83. The number of hydrogen-bond donors (Lipinski definition) is 1. The summed E-state index contributed by atoms with van der Waals surface area (Å²) in [6.45, 7) is 2.91. The maximum absolute atomic E-state index is 13.1. The lowest BCUT2D eigenvalue weighted by atomic mass is 9.62. The Morgan fingerprint density at radius 2 is 1.73 bits per heavy atom. The highest BCUT2D eigenvalue weighted by atomic mass is 35.5. The minimum absolute atomic E-state index is 0.00520. The highest BCUT2D eigenvalue weighted by molar-refractivity contribution is 6.30. The average molecular weight is 430 g/mol. The number of carbonyl (C=O) groups is 2. The Kier molecular flexibility index (Phi) is 5.45. The molecule has 0 aliphatic carbocycles. The van der Waals surface area contributed by atoms with Crippen molar-refractivity contribution in [2.75, 3.05) is 20.1 Å². The van der Waals surface area contributed by atoms with Gasteiger partial charge in [0.25, 0.3) is 0 Å². The average Bonchev–Trinajstić information content (AvgIpc) is 2.75. The molecule has 3 amide bonds. The molecular weight excluding hydrogens is 405 g/mol. The molecular formula is C23H25ClFN3O2. The van der Waals surface area contributed by atoms with Gasteiger partial charge < -0.3 is 15.1 Å². The van der Waals surface area contributed by atoms with Gasteiger partial charge in [0.1, 0.15) is 5.82 Å². The number of likely N-dealkylation sites (tertiary alicyclic amines) is 2. The molecule has 158 valence electrons. The van der Waals surface area contributed by atoms with E-state index in [-0.39, 0.29) is 29.8 Å². The van der Waals surface area contributed by atoms with Crippen LogP contribution in [0, 0.1) is 11.2 Å². The first-order valence-electron chi connectivity index (χ1n) is 10.2. The van der Waals surface area contributed by atoms with Crippen LogP contribution in [0.3, 0.4) is 0 Å². The van der Waals surface area contributed by atoms with E-state index in [1.807, 2.05) is 38.2 Å². The number of nitrogens with zero attached hydrogens (tertiary/aromatic N) is 2. The van der Waals surface area contributed by atoms with Gasteiger partial charge in [-0.3, -0.25) is 4.79 Å². The van der Waals surface area contributed by atoms with E-state index in [2.05, 4.69) is 5.32 Å². The van der Waals surface area contributed by atoms with E-state index in [1.165, 1.54) is 12.1 Å². The number of β-lactam (4-membered cyclic amide) rings is 1. The molecule has 2 aliphatic heterocycles. The zero-order chi connectivity index (χ0) is 21.5. The predicted molar refractivity (Wildman–Crippen MR) is 114 cm³/mol. The van der Waals surface area contributed by atoms with Crippen molar-refractivity contribution in [1.82, 2.24) is 15.1 Å². The second-order valence-corrected chi connectivity index (χ2v) is 8.67. The Bertz CT molecular complexity index is 940. The van der Waals surface area contributed by atoms with Gasteiger partial charge in [0.2, 0.25) is 5.91 Å². The summed E-state index contributed by atoms with van der Waals surface area (Å²) in [6.07, 6.45) is 1.25. The van der Waals surface area contributed by atoms with Crippen molar-refractivity contribution in [3.8, 4) is 0 Å². The third-order valence-corrected chi connectivity index (χ3v) is 6.75. The van der Waals surface area contributed by atoms with Crippen LogP contribution in [0.1, 0.15) is 43.0 Å². The van der Waals surface area contributed by atoms with Crippen LogP contribution in [0.25, 0.3) is 0 Å². The fraction of sp³-hybridized carbons (Fsp3) is 0.391. The summed E-state index contributed by atoms with van der Waals surface area (Å²) in [5.41, 5.74) is 1.46. The lowest BCUT2D eigenvalue weighted by Gasteiger charge is -2.57. The van der Waals surface area contributed by atoms with Crippen LogP contribution in [0.2, 0.25) is 5.02 Å². The Morgan fingerprint density at radius 3 is 2.33 bits per heavy atom. The lowest BCUT2D eigenvalue weighted by Crippen LogP contribution is -2.65. The number of hydrogen-bond acceptors (Lipinski definition) is 2. The van der Waals surface area contributed by atoms with Crippen LogP contribution in [0.15, 0.2) is 48.5 Å². The van der Waals surface area contributed by atoms with Crippen molar-refractivity contribution in [3.63, 3.8) is 0 Å². The number of piperidine rings is 1. The van der Waals surface area contributed by atoms with Gasteiger partial charge in [-0.2, -0.15) is 0 Å². The molecule has 0 radical (unpaired) electrons. The van der Waals surface area contributed by atoms with E-state index in [4.69, 9.17) is 11.6 Å². The van der Waals surface area contributed by atoms with E-state index < -0.39 is 5.41 Å². The number of benzene rings is 2. The SMILES string of the molecule is C[C@H](NC(=O)N1CCC2(CC1)C(=O)N(C)C2c1ccc(Cl)cc1)c1ccc(F)cc1.